The van der Waals surface area contributed by atoms with Gasteiger partial charge in [0.25, 0.3) is 0 Å². The van der Waals surface area contributed by atoms with Gasteiger partial charge >= 0.3 is 0 Å². The maximum atomic E-state index is 6.65. The zero-order valence-corrected chi connectivity index (χ0v) is 15.0. The molecule has 1 aromatic rings. The van der Waals surface area contributed by atoms with Gasteiger partial charge < -0.3 is 5.73 Å². The van der Waals surface area contributed by atoms with Gasteiger partial charge in [-0.1, -0.05) is 65.8 Å². The van der Waals surface area contributed by atoms with E-state index in [4.69, 9.17) is 5.73 Å². The molecule has 21 heavy (non-hydrogen) atoms. The van der Waals surface area contributed by atoms with Crippen LogP contribution in [0.1, 0.15) is 72.1 Å². The summed E-state index contributed by atoms with van der Waals surface area (Å²) in [5.74, 6) is 0. The van der Waals surface area contributed by atoms with Crippen molar-refractivity contribution in [2.75, 3.05) is 13.1 Å². The van der Waals surface area contributed by atoms with E-state index < -0.39 is 0 Å². The summed E-state index contributed by atoms with van der Waals surface area (Å²) in [6, 6.07) is 8.92. The van der Waals surface area contributed by atoms with E-state index in [0.29, 0.717) is 0 Å². The largest absolute Gasteiger partial charge is 0.322 e. The molecule has 0 aliphatic heterocycles. The van der Waals surface area contributed by atoms with E-state index in [-0.39, 0.29) is 17.0 Å². The van der Waals surface area contributed by atoms with E-state index in [1.165, 1.54) is 11.1 Å². The lowest BCUT2D eigenvalue weighted by molar-refractivity contribution is 0.0844. The van der Waals surface area contributed by atoms with E-state index in [1.54, 1.807) is 0 Å². The van der Waals surface area contributed by atoms with Crippen LogP contribution in [0, 0.1) is 0 Å². The first-order chi connectivity index (χ1) is 9.70. The van der Waals surface area contributed by atoms with E-state index >= 15 is 0 Å². The molecular weight excluding hydrogens is 256 g/mol. The first-order valence-electron chi connectivity index (χ1n) is 8.31. The summed E-state index contributed by atoms with van der Waals surface area (Å²) in [4.78, 5) is 2.48. The summed E-state index contributed by atoms with van der Waals surface area (Å²) in [5.41, 5.74) is 9.45. The number of hydrogen-bond acceptors (Lipinski definition) is 2. The molecule has 0 aliphatic carbocycles. The van der Waals surface area contributed by atoms with Crippen LogP contribution in [0.15, 0.2) is 24.3 Å². The van der Waals surface area contributed by atoms with Gasteiger partial charge in [-0.2, -0.15) is 0 Å². The number of rotatable bonds is 6. The summed E-state index contributed by atoms with van der Waals surface area (Å²) in [6.07, 6.45) is 1.05. The molecule has 1 aromatic carbocycles. The van der Waals surface area contributed by atoms with Crippen molar-refractivity contribution in [2.24, 2.45) is 5.73 Å². The molecule has 2 heteroatoms. The monoisotopic (exact) mass is 290 g/mol. The Morgan fingerprint density at radius 1 is 0.952 bits per heavy atom. The Balaban J connectivity index is 3.08. The van der Waals surface area contributed by atoms with Crippen LogP contribution in [0.5, 0.6) is 0 Å². The molecule has 0 spiro atoms. The third-order valence-corrected chi connectivity index (χ3v) is 5.01. The maximum Gasteiger partial charge on any atom is 0.0479 e. The molecule has 0 fully saturated rings. The fraction of sp³-hybridized carbons (Fsp3) is 0.684. The fourth-order valence-electron chi connectivity index (χ4n) is 3.14. The van der Waals surface area contributed by atoms with Gasteiger partial charge in [0.1, 0.15) is 0 Å². The molecule has 0 aliphatic rings. The SMILES string of the molecule is CCN(CC)C(C)(CC)C(N)c1ccc(C(C)(C)C)cc1. The molecule has 0 radical (unpaired) electrons. The van der Waals surface area contributed by atoms with Crippen LogP contribution in [0.2, 0.25) is 0 Å². The molecule has 2 unspecified atom stereocenters. The molecule has 0 saturated carbocycles. The molecule has 0 aromatic heterocycles. The smallest absolute Gasteiger partial charge is 0.0479 e. The first-order valence-corrected chi connectivity index (χ1v) is 8.31. The predicted octanol–water partition coefficient (Wildman–Crippen LogP) is 4.49. The van der Waals surface area contributed by atoms with Crippen LogP contribution in [0.4, 0.5) is 0 Å². The average Bonchev–Trinajstić information content (AvgIpc) is 2.46. The van der Waals surface area contributed by atoms with Gasteiger partial charge in [0, 0.05) is 11.6 Å². The molecule has 0 amide bonds. The fourth-order valence-corrected chi connectivity index (χ4v) is 3.14. The van der Waals surface area contributed by atoms with E-state index in [0.717, 1.165) is 19.5 Å². The van der Waals surface area contributed by atoms with E-state index in [1.807, 2.05) is 0 Å². The predicted molar refractivity (Wildman–Crippen MR) is 93.7 cm³/mol. The standard InChI is InChI=1S/C19H34N2/c1-8-19(7,21(9-2)10-3)17(20)15-11-13-16(14-12-15)18(4,5)6/h11-14,17H,8-10,20H2,1-7H3. The summed E-state index contributed by atoms with van der Waals surface area (Å²) in [6.45, 7) is 17.8. The Hall–Kier alpha value is -0.860. The summed E-state index contributed by atoms with van der Waals surface area (Å²) in [5, 5.41) is 0. The Labute approximate surface area is 131 Å². The number of nitrogens with two attached hydrogens (primary N) is 1. The zero-order valence-electron chi connectivity index (χ0n) is 15.0. The van der Waals surface area contributed by atoms with Crippen molar-refractivity contribution < 1.29 is 0 Å². The topological polar surface area (TPSA) is 29.3 Å². The molecule has 1 rings (SSSR count). The van der Waals surface area contributed by atoms with Gasteiger partial charge in [-0.3, -0.25) is 4.90 Å². The van der Waals surface area contributed by atoms with Gasteiger partial charge in [0.2, 0.25) is 0 Å². The molecule has 0 saturated heterocycles. The molecule has 0 bridgehead atoms. The number of nitrogens with zero attached hydrogens (tertiary/aromatic N) is 1. The Morgan fingerprint density at radius 3 is 1.76 bits per heavy atom. The minimum Gasteiger partial charge on any atom is -0.322 e. The minimum absolute atomic E-state index is 0.00670. The summed E-state index contributed by atoms with van der Waals surface area (Å²) >= 11 is 0. The minimum atomic E-state index is 0.00670. The third-order valence-electron chi connectivity index (χ3n) is 5.01. The highest BCUT2D eigenvalue weighted by Crippen LogP contribution is 2.33. The zero-order chi connectivity index (χ0) is 16.3. The van der Waals surface area contributed by atoms with Crippen LogP contribution in [0.25, 0.3) is 0 Å². The van der Waals surface area contributed by atoms with Crippen molar-refractivity contribution in [1.82, 2.24) is 4.90 Å². The highest BCUT2D eigenvalue weighted by atomic mass is 15.2. The normalized spacial score (nSPS) is 16.8. The van der Waals surface area contributed by atoms with Gasteiger partial charge in [-0.25, -0.2) is 0 Å². The van der Waals surface area contributed by atoms with Gasteiger partial charge in [-0.15, -0.1) is 0 Å². The van der Waals surface area contributed by atoms with Gasteiger partial charge in [0.05, 0.1) is 0 Å². The van der Waals surface area contributed by atoms with Crippen molar-refractivity contribution in [3.63, 3.8) is 0 Å². The van der Waals surface area contributed by atoms with Crippen molar-refractivity contribution in [2.45, 2.75) is 71.9 Å². The second kappa shape index (κ2) is 6.93. The lowest BCUT2D eigenvalue weighted by Gasteiger charge is -2.44. The van der Waals surface area contributed by atoms with Crippen molar-refractivity contribution in [3.05, 3.63) is 35.4 Å². The molecule has 0 heterocycles. The van der Waals surface area contributed by atoms with Crippen LogP contribution >= 0.6 is 0 Å². The van der Waals surface area contributed by atoms with Crippen LogP contribution in [-0.4, -0.2) is 23.5 Å². The second-order valence-electron chi connectivity index (χ2n) is 7.23. The van der Waals surface area contributed by atoms with Crippen molar-refractivity contribution >= 4 is 0 Å². The highest BCUT2D eigenvalue weighted by Gasteiger charge is 2.35. The van der Waals surface area contributed by atoms with Crippen LogP contribution in [-0.2, 0) is 5.41 Å². The summed E-state index contributed by atoms with van der Waals surface area (Å²) < 4.78 is 0. The molecule has 2 atom stereocenters. The quantitative estimate of drug-likeness (QED) is 0.836. The van der Waals surface area contributed by atoms with Gasteiger partial charge in [0.15, 0.2) is 0 Å². The molecular formula is C19H34N2. The number of likely N-dealkylation sites (N-methyl/N-ethyl adjacent to an activating group) is 1. The Morgan fingerprint density at radius 2 is 1.43 bits per heavy atom. The number of hydrogen-bond donors (Lipinski definition) is 1. The van der Waals surface area contributed by atoms with Crippen molar-refractivity contribution in [1.29, 1.82) is 0 Å². The first kappa shape index (κ1) is 18.2. The Kier molecular flexibility index (Phi) is 6.01. The van der Waals surface area contributed by atoms with E-state index in [2.05, 4.69) is 77.6 Å². The van der Waals surface area contributed by atoms with E-state index in [9.17, 15) is 0 Å². The molecule has 120 valence electrons. The third kappa shape index (κ3) is 3.87. The van der Waals surface area contributed by atoms with Crippen molar-refractivity contribution in [3.8, 4) is 0 Å². The summed E-state index contributed by atoms with van der Waals surface area (Å²) in [7, 11) is 0. The van der Waals surface area contributed by atoms with Crippen LogP contribution in [0.3, 0.4) is 0 Å². The van der Waals surface area contributed by atoms with Gasteiger partial charge in [-0.05, 0) is 43.0 Å². The lowest BCUT2D eigenvalue weighted by Crippen LogP contribution is -2.52. The average molecular weight is 290 g/mol. The second-order valence-corrected chi connectivity index (χ2v) is 7.23. The maximum absolute atomic E-state index is 6.65. The molecule has 2 nitrogen and oxygen atoms in total. The highest BCUT2D eigenvalue weighted by molar-refractivity contribution is 5.30. The number of benzene rings is 1. The Bertz CT molecular complexity index is 426. The van der Waals surface area contributed by atoms with Crippen LogP contribution < -0.4 is 5.73 Å². The molecule has 2 N–H and O–H groups in total. The lowest BCUT2D eigenvalue weighted by atomic mass is 9.81.